The largest absolute Gasteiger partial charge is 0.385 e. The lowest BCUT2D eigenvalue weighted by molar-refractivity contribution is 0.00990. The molecule has 156 valence electrons. The highest BCUT2D eigenvalue weighted by Gasteiger charge is 2.21. The number of aliphatic imine (C=N–C) groups is 1. The predicted octanol–water partition coefficient (Wildman–Crippen LogP) is 1.90. The molecule has 0 unspecified atom stereocenters. The van der Waals surface area contributed by atoms with E-state index in [4.69, 9.17) is 9.47 Å². The molecule has 0 aromatic heterocycles. The third kappa shape index (κ3) is 7.86. The molecular weight excluding hydrogens is 356 g/mol. The number of guanidine groups is 1. The monoisotopic (exact) mass is 390 g/mol. The van der Waals surface area contributed by atoms with Crippen LogP contribution in [0.1, 0.15) is 36.5 Å². The van der Waals surface area contributed by atoms with E-state index in [1.807, 2.05) is 30.3 Å². The summed E-state index contributed by atoms with van der Waals surface area (Å²) in [4.78, 5) is 19.0. The van der Waals surface area contributed by atoms with Crippen molar-refractivity contribution >= 4 is 11.9 Å². The van der Waals surface area contributed by atoms with Crippen molar-refractivity contribution in [3.63, 3.8) is 0 Å². The Labute approximate surface area is 168 Å². The van der Waals surface area contributed by atoms with Gasteiger partial charge in [0.25, 0.3) is 5.91 Å². The quantitative estimate of drug-likeness (QED) is 0.363. The van der Waals surface area contributed by atoms with Gasteiger partial charge in [0.05, 0.1) is 12.6 Å². The molecule has 1 aromatic carbocycles. The summed E-state index contributed by atoms with van der Waals surface area (Å²) in [6.45, 7) is 7.32. The second-order valence-electron chi connectivity index (χ2n) is 6.76. The average molecular weight is 391 g/mol. The van der Waals surface area contributed by atoms with Crippen LogP contribution in [-0.4, -0.2) is 75.9 Å². The molecule has 0 atom stereocenters. The standard InChI is InChI=1S/C21H34N4O3/c1-3-22-21(24-13-12-23-20(26)18-8-5-4-6-9-18)25-14-10-19(11-15-25)28-17-7-16-27-2/h4-6,8-9,19H,3,7,10-17H2,1-2H3,(H,22,24)(H,23,26). The van der Waals surface area contributed by atoms with Crippen LogP contribution in [0.3, 0.4) is 0 Å². The Morgan fingerprint density at radius 3 is 2.61 bits per heavy atom. The number of likely N-dealkylation sites (tertiary alicyclic amines) is 1. The van der Waals surface area contributed by atoms with Gasteiger partial charge in [0.15, 0.2) is 5.96 Å². The van der Waals surface area contributed by atoms with Crippen LogP contribution in [0.15, 0.2) is 35.3 Å². The Balaban J connectivity index is 1.72. The van der Waals surface area contributed by atoms with Crippen molar-refractivity contribution in [2.75, 3.05) is 53.0 Å². The van der Waals surface area contributed by atoms with Gasteiger partial charge in [-0.2, -0.15) is 0 Å². The number of hydrogen-bond acceptors (Lipinski definition) is 4. The highest BCUT2D eigenvalue weighted by Crippen LogP contribution is 2.14. The van der Waals surface area contributed by atoms with Gasteiger partial charge in [-0.25, -0.2) is 0 Å². The molecule has 2 rings (SSSR count). The molecule has 0 radical (unpaired) electrons. The van der Waals surface area contributed by atoms with Crippen LogP contribution >= 0.6 is 0 Å². The topological polar surface area (TPSA) is 75.2 Å². The first-order valence-corrected chi connectivity index (χ1v) is 10.2. The summed E-state index contributed by atoms with van der Waals surface area (Å²) in [5.74, 6) is 0.849. The summed E-state index contributed by atoms with van der Waals surface area (Å²) in [6.07, 6.45) is 3.26. The molecule has 0 bridgehead atoms. The van der Waals surface area contributed by atoms with E-state index in [1.54, 1.807) is 7.11 Å². The van der Waals surface area contributed by atoms with Crippen LogP contribution in [0, 0.1) is 0 Å². The van der Waals surface area contributed by atoms with Gasteiger partial charge in [0.2, 0.25) is 0 Å². The zero-order chi connectivity index (χ0) is 20.0. The van der Waals surface area contributed by atoms with Crippen molar-refractivity contribution in [1.29, 1.82) is 0 Å². The Bertz CT molecular complexity index is 587. The minimum absolute atomic E-state index is 0.0627. The first-order chi connectivity index (χ1) is 13.7. The average Bonchev–Trinajstić information content (AvgIpc) is 2.74. The second-order valence-corrected chi connectivity index (χ2v) is 6.76. The van der Waals surface area contributed by atoms with Crippen LogP contribution in [0.4, 0.5) is 0 Å². The molecule has 1 saturated heterocycles. The van der Waals surface area contributed by atoms with Crippen LogP contribution in [0.25, 0.3) is 0 Å². The first-order valence-electron chi connectivity index (χ1n) is 10.2. The van der Waals surface area contributed by atoms with Crippen molar-refractivity contribution < 1.29 is 14.3 Å². The fourth-order valence-corrected chi connectivity index (χ4v) is 3.14. The van der Waals surface area contributed by atoms with E-state index in [1.165, 1.54) is 0 Å². The number of benzene rings is 1. The lowest BCUT2D eigenvalue weighted by Crippen LogP contribution is -2.47. The van der Waals surface area contributed by atoms with E-state index in [0.717, 1.165) is 58.1 Å². The van der Waals surface area contributed by atoms with Crippen LogP contribution in [0.5, 0.6) is 0 Å². The number of nitrogens with zero attached hydrogens (tertiary/aromatic N) is 2. The van der Waals surface area contributed by atoms with Crippen molar-refractivity contribution in [3.05, 3.63) is 35.9 Å². The Kier molecular flexibility index (Phi) is 10.4. The van der Waals surface area contributed by atoms with Crippen molar-refractivity contribution in [2.24, 2.45) is 4.99 Å². The lowest BCUT2D eigenvalue weighted by atomic mass is 10.1. The molecule has 28 heavy (non-hydrogen) atoms. The highest BCUT2D eigenvalue weighted by atomic mass is 16.5. The summed E-state index contributed by atoms with van der Waals surface area (Å²) in [5, 5.41) is 6.27. The summed E-state index contributed by atoms with van der Waals surface area (Å²) in [5.41, 5.74) is 0.672. The number of carbonyl (C=O) groups is 1. The van der Waals surface area contributed by atoms with Crippen LogP contribution < -0.4 is 10.6 Å². The number of nitrogens with one attached hydrogen (secondary N) is 2. The fourth-order valence-electron chi connectivity index (χ4n) is 3.14. The van der Waals surface area contributed by atoms with Gasteiger partial charge in [-0.15, -0.1) is 0 Å². The normalized spacial score (nSPS) is 15.5. The highest BCUT2D eigenvalue weighted by molar-refractivity contribution is 5.94. The molecule has 1 fully saturated rings. The molecule has 0 spiro atoms. The lowest BCUT2D eigenvalue weighted by Gasteiger charge is -2.34. The second kappa shape index (κ2) is 13.1. The van der Waals surface area contributed by atoms with E-state index < -0.39 is 0 Å². The van der Waals surface area contributed by atoms with Gasteiger partial charge in [-0.3, -0.25) is 9.79 Å². The predicted molar refractivity (Wildman–Crippen MR) is 112 cm³/mol. The number of rotatable bonds is 10. The van der Waals surface area contributed by atoms with Gasteiger partial charge in [-0.05, 0) is 38.3 Å². The van der Waals surface area contributed by atoms with E-state index in [0.29, 0.717) is 24.8 Å². The maximum absolute atomic E-state index is 12.1. The van der Waals surface area contributed by atoms with Crippen molar-refractivity contribution in [3.8, 4) is 0 Å². The Morgan fingerprint density at radius 1 is 1.18 bits per heavy atom. The number of methoxy groups -OCH3 is 1. The number of carbonyl (C=O) groups excluding carboxylic acids is 1. The van der Waals surface area contributed by atoms with Gasteiger partial charge in [0, 0.05) is 52.1 Å². The minimum Gasteiger partial charge on any atom is -0.385 e. The molecule has 7 heteroatoms. The number of amides is 1. The van der Waals surface area contributed by atoms with E-state index in [9.17, 15) is 4.79 Å². The maximum atomic E-state index is 12.1. The Hall–Kier alpha value is -2.12. The zero-order valence-corrected chi connectivity index (χ0v) is 17.2. The molecule has 1 amide bonds. The molecule has 1 aliphatic heterocycles. The third-order valence-electron chi connectivity index (χ3n) is 4.62. The van der Waals surface area contributed by atoms with Gasteiger partial charge >= 0.3 is 0 Å². The van der Waals surface area contributed by atoms with Crippen molar-refractivity contribution in [1.82, 2.24) is 15.5 Å². The van der Waals surface area contributed by atoms with E-state index in [-0.39, 0.29) is 5.91 Å². The summed E-state index contributed by atoms with van der Waals surface area (Å²) >= 11 is 0. The molecule has 1 aromatic rings. The summed E-state index contributed by atoms with van der Waals surface area (Å²) in [7, 11) is 1.72. The molecule has 1 heterocycles. The fraction of sp³-hybridized carbons (Fsp3) is 0.619. The van der Waals surface area contributed by atoms with Crippen LogP contribution in [-0.2, 0) is 9.47 Å². The molecule has 2 N–H and O–H groups in total. The van der Waals surface area contributed by atoms with Gasteiger partial charge in [-0.1, -0.05) is 18.2 Å². The molecule has 1 aliphatic rings. The smallest absolute Gasteiger partial charge is 0.251 e. The van der Waals surface area contributed by atoms with E-state index >= 15 is 0 Å². The summed E-state index contributed by atoms with van der Waals surface area (Å²) < 4.78 is 11.0. The van der Waals surface area contributed by atoms with Crippen molar-refractivity contribution in [2.45, 2.75) is 32.3 Å². The zero-order valence-electron chi connectivity index (χ0n) is 17.2. The maximum Gasteiger partial charge on any atom is 0.251 e. The molecule has 0 saturated carbocycles. The van der Waals surface area contributed by atoms with Crippen LogP contribution in [0.2, 0.25) is 0 Å². The molecule has 0 aliphatic carbocycles. The first kappa shape index (κ1) is 22.2. The third-order valence-corrected chi connectivity index (χ3v) is 4.62. The number of ether oxygens (including phenoxy) is 2. The number of hydrogen-bond donors (Lipinski definition) is 2. The van der Waals surface area contributed by atoms with Gasteiger partial charge < -0.3 is 25.0 Å². The Morgan fingerprint density at radius 2 is 1.93 bits per heavy atom. The molecule has 7 nitrogen and oxygen atoms in total. The molecular formula is C21H34N4O3. The van der Waals surface area contributed by atoms with E-state index in [2.05, 4.69) is 27.4 Å². The minimum atomic E-state index is -0.0627. The summed E-state index contributed by atoms with van der Waals surface area (Å²) in [6, 6.07) is 9.24. The SMILES string of the molecule is CCNC(=NCCNC(=O)c1ccccc1)N1CCC(OCCCOC)CC1. The number of piperidine rings is 1. The van der Waals surface area contributed by atoms with Gasteiger partial charge in [0.1, 0.15) is 0 Å².